The predicted octanol–water partition coefficient (Wildman–Crippen LogP) is 0.616. The number of alkyl halides is 3. The number of amides is 1. The van der Waals surface area contributed by atoms with Gasteiger partial charge in [-0.2, -0.15) is 13.2 Å². The van der Waals surface area contributed by atoms with E-state index < -0.39 is 24.1 Å². The zero-order valence-electron chi connectivity index (χ0n) is 7.64. The molecule has 0 aromatic carbocycles. The zero-order valence-corrected chi connectivity index (χ0v) is 7.64. The predicted molar refractivity (Wildman–Crippen MR) is 40.3 cm³/mol. The molecule has 1 amide bonds. The Morgan fingerprint density at radius 1 is 1.43 bits per heavy atom. The second-order valence-corrected chi connectivity index (χ2v) is 2.42. The molecular weight excluding hydrogens is 203 g/mol. The highest BCUT2D eigenvalue weighted by molar-refractivity contribution is 5.84. The first-order valence-corrected chi connectivity index (χ1v) is 3.76. The van der Waals surface area contributed by atoms with Crippen LogP contribution < -0.4 is 5.32 Å². The van der Waals surface area contributed by atoms with Crippen LogP contribution in [0.4, 0.5) is 13.2 Å². The van der Waals surface area contributed by atoms with Crippen molar-refractivity contribution in [3.8, 4) is 0 Å². The molecule has 7 heteroatoms. The Hall–Kier alpha value is -1.27. The lowest BCUT2D eigenvalue weighted by Gasteiger charge is -2.18. The summed E-state index contributed by atoms with van der Waals surface area (Å²) in [5.41, 5.74) is 0. The summed E-state index contributed by atoms with van der Waals surface area (Å²) in [5.74, 6) is -2.39. The first-order chi connectivity index (χ1) is 6.32. The molecule has 82 valence electrons. The minimum absolute atomic E-state index is 0.135. The minimum Gasteiger partial charge on any atom is -0.467 e. The molecule has 0 aromatic heterocycles. The Labute approximate surface area is 78.4 Å². The number of nitrogens with one attached hydrogen (secondary N) is 1. The highest BCUT2D eigenvalue weighted by atomic mass is 19.4. The summed E-state index contributed by atoms with van der Waals surface area (Å²) >= 11 is 0. The molecule has 1 N–H and O–H groups in total. The van der Waals surface area contributed by atoms with Crippen LogP contribution in [-0.2, 0) is 14.3 Å². The molecule has 0 rings (SSSR count). The second-order valence-electron chi connectivity index (χ2n) is 2.42. The lowest BCUT2D eigenvalue weighted by Crippen LogP contribution is -2.51. The van der Waals surface area contributed by atoms with Gasteiger partial charge in [0, 0.05) is 6.42 Å². The van der Waals surface area contributed by atoms with Gasteiger partial charge in [0.15, 0.2) is 0 Å². The van der Waals surface area contributed by atoms with Gasteiger partial charge in [0.2, 0.25) is 11.9 Å². The summed E-state index contributed by atoms with van der Waals surface area (Å²) in [7, 11) is 0.819. The van der Waals surface area contributed by atoms with E-state index in [2.05, 4.69) is 4.74 Å². The normalized spacial score (nSPS) is 13.2. The van der Waals surface area contributed by atoms with E-state index in [9.17, 15) is 22.8 Å². The largest absolute Gasteiger partial charge is 0.467 e. The average Bonchev–Trinajstić information content (AvgIpc) is 2.10. The first kappa shape index (κ1) is 12.7. The number of hydrogen-bond donors (Lipinski definition) is 1. The average molecular weight is 213 g/mol. The molecule has 1 unspecified atom stereocenters. The van der Waals surface area contributed by atoms with Gasteiger partial charge in [-0.1, -0.05) is 6.92 Å². The molecule has 1 atom stereocenters. The van der Waals surface area contributed by atoms with Gasteiger partial charge in [-0.15, -0.1) is 0 Å². The van der Waals surface area contributed by atoms with Crippen molar-refractivity contribution in [2.45, 2.75) is 25.6 Å². The molecule has 0 spiro atoms. The second kappa shape index (κ2) is 4.83. The van der Waals surface area contributed by atoms with Gasteiger partial charge in [0.05, 0.1) is 7.11 Å². The van der Waals surface area contributed by atoms with Crippen LogP contribution in [0.2, 0.25) is 0 Å². The third kappa shape index (κ3) is 3.63. The van der Waals surface area contributed by atoms with E-state index in [-0.39, 0.29) is 6.42 Å². The number of rotatable bonds is 3. The summed E-state index contributed by atoms with van der Waals surface area (Å²) in [6.45, 7) is 1.38. The van der Waals surface area contributed by atoms with Crippen LogP contribution in [0.3, 0.4) is 0 Å². The van der Waals surface area contributed by atoms with Crippen molar-refractivity contribution in [2.24, 2.45) is 0 Å². The van der Waals surface area contributed by atoms with Crippen molar-refractivity contribution >= 4 is 11.9 Å². The minimum atomic E-state index is -4.84. The van der Waals surface area contributed by atoms with Gasteiger partial charge < -0.3 is 10.1 Å². The van der Waals surface area contributed by atoms with Gasteiger partial charge in [-0.05, 0) is 0 Å². The van der Waals surface area contributed by atoms with Gasteiger partial charge in [-0.25, -0.2) is 4.79 Å². The fourth-order valence-corrected chi connectivity index (χ4v) is 0.655. The van der Waals surface area contributed by atoms with Crippen molar-refractivity contribution in [2.75, 3.05) is 7.11 Å². The van der Waals surface area contributed by atoms with E-state index in [1.165, 1.54) is 12.2 Å². The number of halogens is 3. The van der Waals surface area contributed by atoms with Crippen LogP contribution in [0.5, 0.6) is 0 Å². The van der Waals surface area contributed by atoms with E-state index in [1.54, 1.807) is 0 Å². The van der Waals surface area contributed by atoms with Crippen LogP contribution in [-0.4, -0.2) is 31.2 Å². The van der Waals surface area contributed by atoms with Gasteiger partial charge in [0.25, 0.3) is 0 Å². The summed E-state index contributed by atoms with van der Waals surface area (Å²) in [5, 5.41) is 1.52. The smallest absolute Gasteiger partial charge is 0.419 e. The monoisotopic (exact) mass is 213 g/mol. The number of ether oxygens (including phenoxy) is 1. The van der Waals surface area contributed by atoms with Crippen molar-refractivity contribution in [3.05, 3.63) is 0 Å². The lowest BCUT2D eigenvalue weighted by molar-refractivity contribution is -0.184. The van der Waals surface area contributed by atoms with E-state index >= 15 is 0 Å². The van der Waals surface area contributed by atoms with E-state index in [0.717, 1.165) is 7.11 Å². The van der Waals surface area contributed by atoms with Crippen molar-refractivity contribution in [3.63, 3.8) is 0 Å². The Kier molecular flexibility index (Phi) is 4.39. The topological polar surface area (TPSA) is 55.4 Å². The number of methoxy groups -OCH3 is 1. The molecule has 14 heavy (non-hydrogen) atoms. The summed E-state index contributed by atoms with van der Waals surface area (Å²) in [6, 6.07) is -2.58. The number of carbonyl (C=O) groups excluding carboxylic acids is 2. The first-order valence-electron chi connectivity index (χ1n) is 3.76. The van der Waals surface area contributed by atoms with E-state index in [0.29, 0.717) is 0 Å². The number of esters is 1. The summed E-state index contributed by atoms with van der Waals surface area (Å²) < 4.78 is 40.3. The lowest BCUT2D eigenvalue weighted by atomic mass is 10.2. The van der Waals surface area contributed by atoms with Crippen LogP contribution in [0.25, 0.3) is 0 Å². The molecular formula is C7H10F3NO3. The van der Waals surface area contributed by atoms with Crippen LogP contribution in [0.1, 0.15) is 13.3 Å². The van der Waals surface area contributed by atoms with Crippen LogP contribution in [0.15, 0.2) is 0 Å². The van der Waals surface area contributed by atoms with Crippen molar-refractivity contribution in [1.82, 2.24) is 5.32 Å². The molecule has 0 aromatic rings. The van der Waals surface area contributed by atoms with Crippen LogP contribution in [0, 0.1) is 0 Å². The highest BCUT2D eigenvalue weighted by Gasteiger charge is 2.46. The van der Waals surface area contributed by atoms with Gasteiger partial charge in [0.1, 0.15) is 0 Å². The zero-order chi connectivity index (χ0) is 11.4. The molecule has 0 fully saturated rings. The molecule has 0 aliphatic rings. The standard InChI is InChI=1S/C7H10F3NO3/c1-3-4(12)11-5(6(13)14-2)7(8,9)10/h5H,3H2,1-2H3,(H,11,12). The number of hydrogen-bond acceptors (Lipinski definition) is 3. The molecule has 0 radical (unpaired) electrons. The Bertz CT molecular complexity index is 227. The summed E-state index contributed by atoms with van der Waals surface area (Å²) in [6.07, 6.45) is -4.97. The maximum Gasteiger partial charge on any atom is 0.419 e. The molecule has 0 bridgehead atoms. The molecule has 0 aliphatic carbocycles. The SMILES string of the molecule is CCC(=O)NC(C(=O)OC)C(F)(F)F. The Morgan fingerprint density at radius 2 is 1.93 bits per heavy atom. The van der Waals surface area contributed by atoms with Gasteiger partial charge in [-0.3, -0.25) is 4.79 Å². The maximum absolute atomic E-state index is 12.1. The Balaban J connectivity index is 4.58. The highest BCUT2D eigenvalue weighted by Crippen LogP contribution is 2.21. The van der Waals surface area contributed by atoms with Crippen LogP contribution >= 0.6 is 0 Å². The van der Waals surface area contributed by atoms with Gasteiger partial charge >= 0.3 is 12.1 Å². The fourth-order valence-electron chi connectivity index (χ4n) is 0.655. The molecule has 4 nitrogen and oxygen atoms in total. The molecule has 0 saturated heterocycles. The summed E-state index contributed by atoms with van der Waals surface area (Å²) in [4.78, 5) is 21.3. The Morgan fingerprint density at radius 3 is 2.21 bits per heavy atom. The van der Waals surface area contributed by atoms with Crippen molar-refractivity contribution in [1.29, 1.82) is 0 Å². The molecule has 0 saturated carbocycles. The van der Waals surface area contributed by atoms with Crippen molar-refractivity contribution < 1.29 is 27.5 Å². The number of carbonyl (C=O) groups is 2. The maximum atomic E-state index is 12.1. The third-order valence-electron chi connectivity index (χ3n) is 1.39. The third-order valence-corrected chi connectivity index (χ3v) is 1.39. The van der Waals surface area contributed by atoms with E-state index in [4.69, 9.17) is 0 Å². The molecule has 0 heterocycles. The van der Waals surface area contributed by atoms with E-state index in [1.807, 2.05) is 0 Å². The fraction of sp³-hybridized carbons (Fsp3) is 0.714. The quantitative estimate of drug-likeness (QED) is 0.699. The molecule has 0 aliphatic heterocycles.